The van der Waals surface area contributed by atoms with E-state index in [1.165, 1.54) is 45.2 Å². The van der Waals surface area contributed by atoms with Gasteiger partial charge in [0, 0.05) is 13.1 Å². The van der Waals surface area contributed by atoms with Crippen LogP contribution in [0.25, 0.3) is 0 Å². The Morgan fingerprint density at radius 3 is 2.57 bits per heavy atom. The van der Waals surface area contributed by atoms with E-state index in [0.717, 1.165) is 13.1 Å². The van der Waals surface area contributed by atoms with E-state index in [1.807, 2.05) is 4.90 Å². The Kier molecular flexibility index (Phi) is 3.26. The lowest BCUT2D eigenvalue weighted by atomic mass is 10.1. The maximum atomic E-state index is 8.92. The van der Waals surface area contributed by atoms with E-state index in [9.17, 15) is 0 Å². The minimum Gasteiger partial charge on any atom is -0.306 e. The smallest absolute Gasteiger partial charge is 0.179 e. The zero-order chi connectivity index (χ0) is 9.80. The van der Waals surface area contributed by atoms with Crippen molar-refractivity contribution in [3.63, 3.8) is 0 Å². The number of rotatable bonds is 2. The van der Waals surface area contributed by atoms with Gasteiger partial charge in [0.05, 0.1) is 6.04 Å². The third-order valence-electron chi connectivity index (χ3n) is 3.42. The molecule has 78 valence electrons. The minimum absolute atomic E-state index is 0.512. The van der Waals surface area contributed by atoms with Gasteiger partial charge in [0.1, 0.15) is 0 Å². The molecule has 14 heavy (non-hydrogen) atoms. The van der Waals surface area contributed by atoms with Crippen LogP contribution >= 0.6 is 0 Å². The fraction of sp³-hybridized carbons (Fsp3) is 0.909. The summed E-state index contributed by atoms with van der Waals surface area (Å²) in [6.07, 6.45) is 8.81. The molecule has 2 rings (SSSR count). The van der Waals surface area contributed by atoms with Gasteiger partial charge in [0.2, 0.25) is 0 Å². The molecule has 2 aliphatic heterocycles. The zero-order valence-electron chi connectivity index (χ0n) is 8.78. The molecule has 2 heterocycles. The van der Waals surface area contributed by atoms with Crippen molar-refractivity contribution in [2.24, 2.45) is 0 Å². The quantitative estimate of drug-likeness (QED) is 0.621. The van der Waals surface area contributed by atoms with Crippen molar-refractivity contribution in [3.8, 4) is 6.19 Å². The lowest BCUT2D eigenvalue weighted by Gasteiger charge is -2.30. The monoisotopic (exact) mass is 193 g/mol. The van der Waals surface area contributed by atoms with Gasteiger partial charge in [-0.05, 0) is 38.8 Å². The molecule has 0 N–H and O–H groups in total. The van der Waals surface area contributed by atoms with E-state index < -0.39 is 0 Å². The van der Waals surface area contributed by atoms with Gasteiger partial charge < -0.3 is 9.80 Å². The lowest BCUT2D eigenvalue weighted by Crippen LogP contribution is -2.40. The Morgan fingerprint density at radius 2 is 1.86 bits per heavy atom. The van der Waals surface area contributed by atoms with Crippen molar-refractivity contribution < 1.29 is 0 Å². The highest BCUT2D eigenvalue weighted by molar-refractivity contribution is 4.89. The van der Waals surface area contributed by atoms with E-state index in [0.29, 0.717) is 6.04 Å². The van der Waals surface area contributed by atoms with Crippen molar-refractivity contribution in [1.82, 2.24) is 9.80 Å². The summed E-state index contributed by atoms with van der Waals surface area (Å²) in [5.74, 6) is 0. The molecule has 0 spiro atoms. The van der Waals surface area contributed by atoms with Crippen LogP contribution < -0.4 is 0 Å². The van der Waals surface area contributed by atoms with Crippen LogP contribution in [0.5, 0.6) is 0 Å². The molecule has 0 saturated carbocycles. The summed E-state index contributed by atoms with van der Waals surface area (Å²) in [6.45, 7) is 4.59. The number of nitriles is 1. The molecule has 0 radical (unpaired) electrons. The summed E-state index contributed by atoms with van der Waals surface area (Å²) in [5.41, 5.74) is 0. The highest BCUT2D eigenvalue weighted by atomic mass is 15.2. The Morgan fingerprint density at radius 1 is 1.07 bits per heavy atom. The molecule has 3 heteroatoms. The van der Waals surface area contributed by atoms with Gasteiger partial charge in [-0.25, -0.2) is 0 Å². The van der Waals surface area contributed by atoms with Crippen molar-refractivity contribution in [3.05, 3.63) is 0 Å². The number of piperidine rings is 1. The molecule has 0 aromatic heterocycles. The van der Waals surface area contributed by atoms with Crippen molar-refractivity contribution in [2.75, 3.05) is 26.2 Å². The van der Waals surface area contributed by atoms with Crippen LogP contribution in [0.1, 0.15) is 32.1 Å². The molecule has 0 aliphatic carbocycles. The number of hydrogen-bond donors (Lipinski definition) is 0. The molecule has 3 nitrogen and oxygen atoms in total. The van der Waals surface area contributed by atoms with Gasteiger partial charge in [0.25, 0.3) is 0 Å². The van der Waals surface area contributed by atoms with Crippen LogP contribution in [0.4, 0.5) is 0 Å². The molecular formula is C11H19N3. The molecule has 2 fully saturated rings. The van der Waals surface area contributed by atoms with Gasteiger partial charge in [-0.2, -0.15) is 5.26 Å². The van der Waals surface area contributed by atoms with Crippen molar-refractivity contribution in [2.45, 2.75) is 38.1 Å². The standard InChI is InChI=1S/C11H19N3/c12-10-14-8-4-5-11(14)9-13-6-2-1-3-7-13/h11H,1-9H2/t11-/m0/s1. The summed E-state index contributed by atoms with van der Waals surface area (Å²) < 4.78 is 0. The van der Waals surface area contributed by atoms with Crippen LogP contribution in [-0.4, -0.2) is 42.0 Å². The van der Waals surface area contributed by atoms with Gasteiger partial charge in [0.15, 0.2) is 6.19 Å². The predicted octanol–water partition coefficient (Wildman–Crippen LogP) is 1.42. The zero-order valence-corrected chi connectivity index (χ0v) is 8.78. The molecule has 0 unspecified atom stereocenters. The van der Waals surface area contributed by atoms with E-state index in [4.69, 9.17) is 5.26 Å². The Bertz CT molecular complexity index is 215. The minimum atomic E-state index is 0.512. The summed E-state index contributed by atoms with van der Waals surface area (Å²) in [5, 5.41) is 8.92. The second-order valence-corrected chi connectivity index (χ2v) is 4.45. The largest absolute Gasteiger partial charge is 0.306 e. The van der Waals surface area contributed by atoms with E-state index in [-0.39, 0.29) is 0 Å². The first-order valence-electron chi connectivity index (χ1n) is 5.79. The highest BCUT2D eigenvalue weighted by Gasteiger charge is 2.25. The first-order valence-corrected chi connectivity index (χ1v) is 5.79. The summed E-state index contributed by atoms with van der Waals surface area (Å²) >= 11 is 0. The number of hydrogen-bond acceptors (Lipinski definition) is 3. The normalized spacial score (nSPS) is 29.1. The maximum absolute atomic E-state index is 8.92. The summed E-state index contributed by atoms with van der Waals surface area (Å²) in [7, 11) is 0. The fourth-order valence-corrected chi connectivity index (χ4v) is 2.60. The van der Waals surface area contributed by atoms with Crippen LogP contribution in [-0.2, 0) is 0 Å². The van der Waals surface area contributed by atoms with E-state index in [2.05, 4.69) is 11.1 Å². The Balaban J connectivity index is 1.81. The molecule has 0 bridgehead atoms. The van der Waals surface area contributed by atoms with Gasteiger partial charge in [-0.1, -0.05) is 6.42 Å². The molecule has 2 saturated heterocycles. The molecule has 0 amide bonds. The Hall–Kier alpha value is -0.750. The fourth-order valence-electron chi connectivity index (χ4n) is 2.60. The second-order valence-electron chi connectivity index (χ2n) is 4.45. The summed E-state index contributed by atoms with van der Waals surface area (Å²) in [4.78, 5) is 4.50. The lowest BCUT2D eigenvalue weighted by molar-refractivity contribution is 0.181. The van der Waals surface area contributed by atoms with Crippen molar-refractivity contribution in [1.29, 1.82) is 5.26 Å². The number of likely N-dealkylation sites (tertiary alicyclic amines) is 2. The number of nitrogens with zero attached hydrogens (tertiary/aromatic N) is 3. The van der Waals surface area contributed by atoms with Crippen LogP contribution in [0.3, 0.4) is 0 Å². The average molecular weight is 193 g/mol. The van der Waals surface area contributed by atoms with Crippen LogP contribution in [0.2, 0.25) is 0 Å². The SMILES string of the molecule is N#CN1CCC[C@H]1CN1CCCCC1. The molecular weight excluding hydrogens is 174 g/mol. The van der Waals surface area contributed by atoms with Gasteiger partial charge in [-0.3, -0.25) is 0 Å². The molecule has 0 aromatic carbocycles. The van der Waals surface area contributed by atoms with E-state index in [1.54, 1.807) is 0 Å². The topological polar surface area (TPSA) is 30.3 Å². The highest BCUT2D eigenvalue weighted by Crippen LogP contribution is 2.18. The molecule has 1 atom stereocenters. The predicted molar refractivity (Wildman–Crippen MR) is 55.6 cm³/mol. The molecule has 2 aliphatic rings. The third-order valence-corrected chi connectivity index (χ3v) is 3.42. The third kappa shape index (κ3) is 2.19. The van der Waals surface area contributed by atoms with Crippen LogP contribution in [0, 0.1) is 11.5 Å². The Labute approximate surface area is 86.3 Å². The molecule has 0 aromatic rings. The second kappa shape index (κ2) is 4.65. The van der Waals surface area contributed by atoms with Gasteiger partial charge >= 0.3 is 0 Å². The first-order chi connectivity index (χ1) is 6.90. The van der Waals surface area contributed by atoms with E-state index >= 15 is 0 Å². The summed E-state index contributed by atoms with van der Waals surface area (Å²) in [6, 6.07) is 0.512. The van der Waals surface area contributed by atoms with Crippen molar-refractivity contribution >= 4 is 0 Å². The average Bonchev–Trinajstić information content (AvgIpc) is 2.67. The maximum Gasteiger partial charge on any atom is 0.179 e. The van der Waals surface area contributed by atoms with Gasteiger partial charge in [-0.15, -0.1) is 0 Å². The van der Waals surface area contributed by atoms with Crippen LogP contribution in [0.15, 0.2) is 0 Å². The first kappa shape index (κ1) is 9.79.